The van der Waals surface area contributed by atoms with Gasteiger partial charge in [0.05, 0.1) is 20.6 Å². The first kappa shape index (κ1) is 14.7. The summed E-state index contributed by atoms with van der Waals surface area (Å²) in [6, 6.07) is 14.8. The minimum absolute atomic E-state index is 0.00609. The molecule has 1 heteroatoms. The minimum atomic E-state index is -0.683. The van der Waals surface area contributed by atoms with Crippen molar-refractivity contribution in [2.24, 2.45) is 0 Å². The first-order valence-electron chi connectivity index (χ1n) is 21.7. The van der Waals surface area contributed by atoms with Gasteiger partial charge < -0.3 is 4.42 Å². The lowest BCUT2D eigenvalue weighted by Crippen LogP contribution is -1.91. The van der Waals surface area contributed by atoms with Crippen LogP contribution in [0.2, 0.25) is 0 Å². The van der Waals surface area contributed by atoms with Crippen molar-refractivity contribution in [2.45, 2.75) is 0 Å². The van der Waals surface area contributed by atoms with E-state index in [1.54, 1.807) is 78.9 Å². The van der Waals surface area contributed by atoms with E-state index in [-0.39, 0.29) is 74.4 Å². The van der Waals surface area contributed by atoms with Crippen LogP contribution in [-0.4, -0.2) is 0 Å². The fourth-order valence-electron chi connectivity index (χ4n) is 5.95. The lowest BCUT2D eigenvalue weighted by Gasteiger charge is -2.18. The van der Waals surface area contributed by atoms with E-state index in [4.69, 9.17) is 18.1 Å². The Balaban J connectivity index is 1.39. The van der Waals surface area contributed by atoms with E-state index in [9.17, 15) is 6.85 Å². The highest BCUT2D eigenvalue weighted by Gasteiger charge is 2.18. The van der Waals surface area contributed by atoms with Crippen LogP contribution in [-0.2, 0) is 0 Å². The van der Waals surface area contributed by atoms with Crippen molar-refractivity contribution in [3.05, 3.63) is 169 Å². The Morgan fingerprint density at radius 1 is 0.378 bits per heavy atom. The topological polar surface area (TPSA) is 13.1 Å². The van der Waals surface area contributed by atoms with Crippen molar-refractivity contribution in [3.63, 3.8) is 0 Å². The second-order valence-electron chi connectivity index (χ2n) is 10.5. The zero-order valence-electron chi connectivity index (χ0n) is 38.4. The van der Waals surface area contributed by atoms with Gasteiger partial charge in [-0.3, -0.25) is 0 Å². The molecule has 0 saturated carbocycles. The van der Waals surface area contributed by atoms with E-state index >= 15 is 0 Å². The van der Waals surface area contributed by atoms with Gasteiger partial charge >= 0.3 is 0 Å². The molecule has 0 fully saturated rings. The number of hydrogen-bond donors (Lipinski definition) is 0. The number of rotatable bonds is 4. The third-order valence-electron chi connectivity index (χ3n) is 7.93. The van der Waals surface area contributed by atoms with Crippen LogP contribution in [0.3, 0.4) is 0 Å². The molecule has 8 aromatic carbocycles. The van der Waals surface area contributed by atoms with Crippen LogP contribution < -0.4 is 0 Å². The van der Waals surface area contributed by atoms with Crippen LogP contribution in [0.25, 0.3) is 88.0 Å². The second-order valence-corrected chi connectivity index (χ2v) is 10.5. The molecule has 0 radical (unpaired) electrons. The summed E-state index contributed by atoms with van der Waals surface area (Å²) < 4.78 is 139. The zero-order valence-corrected chi connectivity index (χ0v) is 23.4. The Morgan fingerprint density at radius 2 is 0.933 bits per heavy atom. The van der Waals surface area contributed by atoms with Crippen LogP contribution in [0.15, 0.2) is 174 Å². The normalized spacial score (nSPS) is 16.2. The fraction of sp³-hybridized carbons (Fsp3) is 0. The van der Waals surface area contributed by atoms with Crippen molar-refractivity contribution in [1.29, 1.82) is 0 Å². The highest BCUT2D eigenvalue weighted by atomic mass is 16.3. The van der Waals surface area contributed by atoms with Gasteiger partial charge in [-0.2, -0.15) is 0 Å². The van der Waals surface area contributed by atoms with Crippen LogP contribution in [0.1, 0.15) is 20.6 Å². The summed E-state index contributed by atoms with van der Waals surface area (Å²) in [4.78, 5) is 0. The average molecular weight is 588 g/mol. The molecule has 1 aromatic heterocycles. The standard InChI is InChI=1S/C44H28O/c1-3-12-29(13-4-1)30-22-24-32(25-23-30)42-36-16-7-9-18-38(36)43(39-19-10-8-17-37(39)42)33-26-27-35-40-21-11-20-34(31-14-5-2-6-15-31)44(40)45-41(35)28-33/h1-28H/i1D,3D,4D,11D,12D,13D,20D,21D,22D,23D,24D,25D,26D,27D,28D. The van der Waals surface area contributed by atoms with E-state index in [0.29, 0.717) is 32.7 Å². The molecule has 0 unspecified atom stereocenters. The molecule has 0 amide bonds. The largest absolute Gasteiger partial charge is 0.455 e. The number of hydrogen-bond acceptors (Lipinski definition) is 1. The molecule has 0 aliphatic rings. The summed E-state index contributed by atoms with van der Waals surface area (Å²) >= 11 is 0. The maximum absolute atomic E-state index is 9.65. The van der Waals surface area contributed by atoms with Gasteiger partial charge in [0.25, 0.3) is 0 Å². The summed E-state index contributed by atoms with van der Waals surface area (Å²) in [7, 11) is 0. The predicted octanol–water partition coefficient (Wildman–Crippen LogP) is 12.6. The highest BCUT2D eigenvalue weighted by molar-refractivity contribution is 6.22. The third kappa shape index (κ3) is 4.17. The molecule has 0 N–H and O–H groups in total. The fourth-order valence-corrected chi connectivity index (χ4v) is 5.95. The first-order chi connectivity index (χ1) is 28.6. The first-order valence-corrected chi connectivity index (χ1v) is 14.2. The van der Waals surface area contributed by atoms with Gasteiger partial charge in [-0.25, -0.2) is 0 Å². The molecule has 210 valence electrons. The van der Waals surface area contributed by atoms with E-state index in [1.807, 2.05) is 0 Å². The molecule has 1 nitrogen and oxygen atoms in total. The van der Waals surface area contributed by atoms with Crippen molar-refractivity contribution in [3.8, 4) is 44.5 Å². The molecular weight excluding hydrogens is 544 g/mol. The van der Waals surface area contributed by atoms with Crippen molar-refractivity contribution >= 4 is 43.5 Å². The molecule has 0 aliphatic heterocycles. The summed E-state index contributed by atoms with van der Waals surface area (Å²) in [5.41, 5.74) is 0.278. The molecule has 45 heavy (non-hydrogen) atoms. The minimum Gasteiger partial charge on any atom is -0.455 e. The smallest absolute Gasteiger partial charge is 0.143 e. The summed E-state index contributed by atoms with van der Waals surface area (Å²) in [5, 5.41) is 1.73. The maximum atomic E-state index is 9.65. The Hall–Kier alpha value is -5.92. The number of fused-ring (bicyclic) bond motifs is 5. The summed E-state index contributed by atoms with van der Waals surface area (Å²) in [6.07, 6.45) is 0. The number of benzene rings is 8. The third-order valence-corrected chi connectivity index (χ3v) is 7.93. The zero-order chi connectivity index (χ0) is 42.8. The highest BCUT2D eigenvalue weighted by Crippen LogP contribution is 2.45. The quantitative estimate of drug-likeness (QED) is 0.187. The Morgan fingerprint density at radius 3 is 1.60 bits per heavy atom. The van der Waals surface area contributed by atoms with Gasteiger partial charge in [-0.1, -0.05) is 157 Å². The van der Waals surface area contributed by atoms with Crippen LogP contribution >= 0.6 is 0 Å². The molecule has 1 heterocycles. The Kier molecular flexibility index (Phi) is 3.39. The van der Waals surface area contributed by atoms with Crippen LogP contribution in [0.4, 0.5) is 0 Å². The van der Waals surface area contributed by atoms with Gasteiger partial charge in [0, 0.05) is 16.3 Å². The van der Waals surface area contributed by atoms with Gasteiger partial charge in [0.1, 0.15) is 11.2 Å². The molecule has 0 bridgehead atoms. The van der Waals surface area contributed by atoms with Gasteiger partial charge in [0.2, 0.25) is 0 Å². The molecule has 9 aromatic rings. The van der Waals surface area contributed by atoms with Crippen molar-refractivity contribution < 1.29 is 25.0 Å². The molecule has 0 atom stereocenters. The number of para-hydroxylation sites is 1. The van der Waals surface area contributed by atoms with Gasteiger partial charge in [0.15, 0.2) is 0 Å². The van der Waals surface area contributed by atoms with Gasteiger partial charge in [-0.15, -0.1) is 0 Å². The lowest BCUT2D eigenvalue weighted by molar-refractivity contribution is 0.670. The molecule has 0 spiro atoms. The molecule has 9 rings (SSSR count). The average Bonchev–Trinajstić information content (AvgIpc) is 3.65. The van der Waals surface area contributed by atoms with E-state index < -0.39 is 71.6 Å². The predicted molar refractivity (Wildman–Crippen MR) is 190 cm³/mol. The summed E-state index contributed by atoms with van der Waals surface area (Å²) in [5.74, 6) is 0. The molecule has 0 saturated heterocycles. The van der Waals surface area contributed by atoms with Crippen molar-refractivity contribution in [2.75, 3.05) is 0 Å². The van der Waals surface area contributed by atoms with E-state index in [1.165, 1.54) is 0 Å². The number of furan rings is 1. The monoisotopic (exact) mass is 587 g/mol. The Bertz CT molecular complexity index is 3260. The summed E-state index contributed by atoms with van der Waals surface area (Å²) in [6.45, 7) is 0. The molecule has 0 aliphatic carbocycles. The van der Waals surface area contributed by atoms with Crippen LogP contribution in [0, 0.1) is 0 Å². The van der Waals surface area contributed by atoms with Gasteiger partial charge in [-0.05, 0) is 72.6 Å². The second kappa shape index (κ2) is 10.4. The Labute approximate surface area is 282 Å². The molecular formula is C44H28O. The SMILES string of the molecule is [2H]c1c([2H])c([2H])c(-c2c([2H])c([2H])c(-c3c4ccccc4c(-c4c([2H])c([2H])c5c(oc6c(-c7ccccc7)c([2H])c([2H])c([2H])c65)c4[2H])c4ccccc34)c([2H])c2[2H])c([2H])c1[2H]. The lowest BCUT2D eigenvalue weighted by atomic mass is 9.85. The van der Waals surface area contributed by atoms with E-state index in [2.05, 4.69) is 0 Å². The van der Waals surface area contributed by atoms with Crippen LogP contribution in [0.5, 0.6) is 0 Å². The van der Waals surface area contributed by atoms with E-state index in [0.717, 1.165) is 0 Å². The van der Waals surface area contributed by atoms with Crippen molar-refractivity contribution in [1.82, 2.24) is 0 Å². The maximum Gasteiger partial charge on any atom is 0.143 e.